The fraction of sp³-hybridized carbons (Fsp3) is 0.200. The first-order valence-electron chi connectivity index (χ1n) is 9.53. The molecule has 30 heavy (non-hydrogen) atoms. The third-order valence-electron chi connectivity index (χ3n) is 4.52. The highest BCUT2D eigenvalue weighted by molar-refractivity contribution is 5.95. The minimum atomic E-state index is -0.177. The van der Waals surface area contributed by atoms with Gasteiger partial charge < -0.3 is 20.2 Å². The van der Waals surface area contributed by atoms with Crippen LogP contribution in [0.2, 0.25) is 0 Å². The summed E-state index contributed by atoms with van der Waals surface area (Å²) in [4.78, 5) is 19.7. The summed E-state index contributed by atoms with van der Waals surface area (Å²) < 4.78 is 1.88. The predicted octanol–water partition coefficient (Wildman–Crippen LogP) is 2.02. The quantitative estimate of drug-likeness (QED) is 0.411. The van der Waals surface area contributed by atoms with E-state index in [0.29, 0.717) is 30.3 Å². The van der Waals surface area contributed by atoms with Crippen LogP contribution in [0.25, 0.3) is 11.4 Å². The molecule has 4 aromatic rings. The summed E-state index contributed by atoms with van der Waals surface area (Å²) in [6, 6.07) is 11.0. The Bertz CT molecular complexity index is 1120. The first-order valence-corrected chi connectivity index (χ1v) is 9.53. The monoisotopic (exact) mass is 403 g/mol. The summed E-state index contributed by atoms with van der Waals surface area (Å²) in [6.07, 6.45) is 5.06. The zero-order chi connectivity index (χ0) is 20.8. The lowest BCUT2D eigenvalue weighted by Gasteiger charge is -2.08. The van der Waals surface area contributed by atoms with Crippen LogP contribution in [-0.2, 0) is 19.6 Å². The number of hydrogen-bond donors (Lipinski definition) is 3. The van der Waals surface area contributed by atoms with Gasteiger partial charge in [-0.3, -0.25) is 9.78 Å². The highest BCUT2D eigenvalue weighted by Gasteiger charge is 2.10. The number of aromatic nitrogens is 7. The molecule has 3 N–H and O–H groups in total. The van der Waals surface area contributed by atoms with E-state index in [1.807, 2.05) is 35.8 Å². The molecule has 1 amide bonds. The van der Waals surface area contributed by atoms with E-state index in [4.69, 9.17) is 0 Å². The molecule has 152 valence electrons. The summed E-state index contributed by atoms with van der Waals surface area (Å²) in [6.45, 7) is 3.52. The van der Waals surface area contributed by atoms with E-state index in [0.717, 1.165) is 23.6 Å². The lowest BCUT2D eigenvalue weighted by molar-refractivity contribution is 0.0949. The van der Waals surface area contributed by atoms with Crippen molar-refractivity contribution in [2.45, 2.75) is 26.6 Å². The number of aromatic amines is 1. The van der Waals surface area contributed by atoms with Crippen molar-refractivity contribution >= 4 is 11.6 Å². The molecule has 0 unspecified atom stereocenters. The number of nitrogens with one attached hydrogen (secondary N) is 3. The number of amides is 1. The fourth-order valence-electron chi connectivity index (χ4n) is 2.91. The van der Waals surface area contributed by atoms with Gasteiger partial charge in [-0.05, 0) is 37.3 Å². The second kappa shape index (κ2) is 8.95. The molecule has 0 aliphatic heterocycles. The Hall–Kier alpha value is -4.08. The molecule has 0 saturated carbocycles. The van der Waals surface area contributed by atoms with Gasteiger partial charge in [0.1, 0.15) is 12.2 Å². The van der Waals surface area contributed by atoms with Crippen LogP contribution in [-0.4, -0.2) is 40.8 Å². The van der Waals surface area contributed by atoms with Gasteiger partial charge in [-0.15, -0.1) is 20.4 Å². The Kier molecular flexibility index (Phi) is 5.74. The van der Waals surface area contributed by atoms with Gasteiger partial charge in [-0.25, -0.2) is 0 Å². The minimum Gasteiger partial charge on any atom is -0.378 e. The summed E-state index contributed by atoms with van der Waals surface area (Å²) >= 11 is 0. The summed E-state index contributed by atoms with van der Waals surface area (Å²) in [5.41, 5.74) is 2.28. The average Bonchev–Trinajstić information content (AvgIpc) is 3.46. The minimum absolute atomic E-state index is 0.177. The van der Waals surface area contributed by atoms with Crippen LogP contribution >= 0.6 is 0 Å². The summed E-state index contributed by atoms with van der Waals surface area (Å²) in [5.74, 6) is 1.91. The molecule has 0 atom stereocenters. The number of carbonyl (C=O) groups is 1. The molecule has 0 aliphatic rings. The van der Waals surface area contributed by atoms with Crippen molar-refractivity contribution in [3.63, 3.8) is 0 Å². The van der Waals surface area contributed by atoms with Crippen LogP contribution in [0.5, 0.6) is 0 Å². The number of hydrogen-bond acceptors (Lipinski definition) is 7. The van der Waals surface area contributed by atoms with Crippen molar-refractivity contribution in [2.75, 3.05) is 5.32 Å². The average molecular weight is 403 g/mol. The number of rotatable bonds is 8. The van der Waals surface area contributed by atoms with Gasteiger partial charge in [0.2, 0.25) is 0 Å². The van der Waals surface area contributed by atoms with E-state index in [2.05, 4.69) is 41.0 Å². The number of H-pyrrole nitrogens is 1. The smallest absolute Gasteiger partial charge is 0.251 e. The molecule has 0 bridgehead atoms. The fourth-order valence-corrected chi connectivity index (χ4v) is 2.91. The molecule has 0 saturated heterocycles. The van der Waals surface area contributed by atoms with E-state index < -0.39 is 0 Å². The number of nitrogens with zero attached hydrogens (tertiary/aromatic N) is 6. The summed E-state index contributed by atoms with van der Waals surface area (Å²) in [7, 11) is 0. The molecular weight excluding hydrogens is 382 g/mol. The standard InChI is InChI=1S/C20H21N9O/c1-2-29-13-24-27-18(29)12-23-20(30)15-4-3-5-16(10-15)22-11-17-25-19(28-26-17)14-6-8-21-9-7-14/h3-10,13,22H,2,11-12H2,1H3,(H,23,30)(H,25,26,28). The van der Waals surface area contributed by atoms with Crippen molar-refractivity contribution in [1.29, 1.82) is 0 Å². The predicted molar refractivity (Wildman–Crippen MR) is 110 cm³/mol. The highest BCUT2D eigenvalue weighted by atomic mass is 16.1. The Morgan fingerprint density at radius 1 is 1.10 bits per heavy atom. The molecule has 3 heterocycles. The largest absolute Gasteiger partial charge is 0.378 e. The van der Waals surface area contributed by atoms with Crippen LogP contribution in [0, 0.1) is 0 Å². The van der Waals surface area contributed by atoms with Crippen LogP contribution in [0.4, 0.5) is 5.69 Å². The maximum Gasteiger partial charge on any atom is 0.251 e. The second-order valence-corrected chi connectivity index (χ2v) is 6.51. The van der Waals surface area contributed by atoms with Gasteiger partial charge in [0.15, 0.2) is 11.6 Å². The maximum atomic E-state index is 12.5. The van der Waals surface area contributed by atoms with Crippen LogP contribution in [0.15, 0.2) is 55.1 Å². The van der Waals surface area contributed by atoms with Crippen molar-refractivity contribution < 1.29 is 4.79 Å². The molecule has 0 spiro atoms. The van der Waals surface area contributed by atoms with Gasteiger partial charge in [0.05, 0.1) is 13.1 Å². The van der Waals surface area contributed by atoms with Gasteiger partial charge in [0, 0.05) is 35.8 Å². The van der Waals surface area contributed by atoms with Crippen LogP contribution < -0.4 is 10.6 Å². The number of carbonyl (C=O) groups excluding carboxylic acids is 1. The Labute approximate surface area is 172 Å². The van der Waals surface area contributed by atoms with Crippen molar-refractivity contribution in [2.24, 2.45) is 0 Å². The number of pyridine rings is 1. The normalized spacial score (nSPS) is 10.7. The van der Waals surface area contributed by atoms with Gasteiger partial charge in [-0.1, -0.05) is 6.07 Å². The summed E-state index contributed by atoms with van der Waals surface area (Å²) in [5, 5.41) is 22.3. The zero-order valence-electron chi connectivity index (χ0n) is 16.4. The molecule has 4 rings (SSSR count). The maximum absolute atomic E-state index is 12.5. The number of benzene rings is 1. The van der Waals surface area contributed by atoms with E-state index >= 15 is 0 Å². The Morgan fingerprint density at radius 2 is 1.97 bits per heavy atom. The topological polar surface area (TPSA) is 126 Å². The molecule has 0 aliphatic carbocycles. The van der Waals surface area contributed by atoms with Gasteiger partial charge >= 0.3 is 0 Å². The molecule has 0 fully saturated rings. The molecular formula is C20H21N9O. The SMILES string of the molecule is CCn1cnnc1CNC(=O)c1cccc(NCc2nnc(-c3ccncc3)[nH]2)c1. The molecule has 10 heteroatoms. The Balaban J connectivity index is 1.35. The molecule has 0 radical (unpaired) electrons. The van der Waals surface area contributed by atoms with E-state index in [1.54, 1.807) is 30.9 Å². The van der Waals surface area contributed by atoms with Crippen molar-refractivity contribution in [1.82, 2.24) is 40.2 Å². The van der Waals surface area contributed by atoms with Gasteiger partial charge in [0.25, 0.3) is 5.91 Å². The van der Waals surface area contributed by atoms with E-state index in [1.165, 1.54) is 0 Å². The second-order valence-electron chi connectivity index (χ2n) is 6.51. The third-order valence-corrected chi connectivity index (χ3v) is 4.52. The van der Waals surface area contributed by atoms with E-state index in [9.17, 15) is 4.79 Å². The van der Waals surface area contributed by atoms with Crippen molar-refractivity contribution in [3.05, 3.63) is 72.3 Å². The first kappa shape index (κ1) is 19.2. The van der Waals surface area contributed by atoms with Crippen LogP contribution in [0.1, 0.15) is 28.9 Å². The number of anilines is 1. The molecule has 1 aromatic carbocycles. The lowest BCUT2D eigenvalue weighted by atomic mass is 10.2. The Morgan fingerprint density at radius 3 is 2.80 bits per heavy atom. The zero-order valence-corrected chi connectivity index (χ0v) is 16.4. The van der Waals surface area contributed by atoms with Gasteiger partial charge in [-0.2, -0.15) is 0 Å². The number of aryl methyl sites for hydroxylation is 1. The molecule has 3 aromatic heterocycles. The lowest BCUT2D eigenvalue weighted by Crippen LogP contribution is -2.24. The molecule has 10 nitrogen and oxygen atoms in total. The van der Waals surface area contributed by atoms with Crippen LogP contribution in [0.3, 0.4) is 0 Å². The third kappa shape index (κ3) is 4.49. The first-order chi connectivity index (χ1) is 14.7. The highest BCUT2D eigenvalue weighted by Crippen LogP contribution is 2.14. The van der Waals surface area contributed by atoms with Crippen molar-refractivity contribution in [3.8, 4) is 11.4 Å². The van der Waals surface area contributed by atoms with E-state index in [-0.39, 0.29) is 5.91 Å².